The molecule has 7 heteroatoms. The third-order valence-corrected chi connectivity index (χ3v) is 5.96. The maximum atomic E-state index is 12.5. The highest BCUT2D eigenvalue weighted by Gasteiger charge is 2.36. The number of hydrogen-bond donors (Lipinski definition) is 2. The molecule has 5 nitrogen and oxygen atoms in total. The summed E-state index contributed by atoms with van der Waals surface area (Å²) in [6.07, 6.45) is 4.07. The van der Waals surface area contributed by atoms with E-state index in [1.165, 1.54) is 0 Å². The van der Waals surface area contributed by atoms with E-state index in [1.54, 1.807) is 4.90 Å². The van der Waals surface area contributed by atoms with Gasteiger partial charge in [0, 0.05) is 35.2 Å². The van der Waals surface area contributed by atoms with Gasteiger partial charge in [-0.15, -0.1) is 12.4 Å². The zero-order valence-corrected chi connectivity index (χ0v) is 16.7. The Balaban J connectivity index is 0.00000225. The minimum Gasteiger partial charge on any atom is -0.353 e. The molecule has 1 aliphatic heterocycles. The number of aryl methyl sites for hydroxylation is 1. The number of hydrogen-bond acceptors (Lipinski definition) is 3. The van der Waals surface area contributed by atoms with Gasteiger partial charge in [-0.2, -0.15) is 0 Å². The Morgan fingerprint density at radius 3 is 2.60 bits per heavy atom. The summed E-state index contributed by atoms with van der Waals surface area (Å²) in [7, 11) is 0. The van der Waals surface area contributed by atoms with Crippen LogP contribution in [0, 0.1) is 12.8 Å². The van der Waals surface area contributed by atoms with E-state index in [-0.39, 0.29) is 48.6 Å². The number of nitrogens with zero attached hydrogens (tertiary/aromatic N) is 1. The van der Waals surface area contributed by atoms with Crippen molar-refractivity contribution >= 4 is 45.8 Å². The van der Waals surface area contributed by atoms with Crippen LogP contribution in [0.5, 0.6) is 0 Å². The molecule has 138 valence electrons. The molecular weight excluding hydrogens is 406 g/mol. The summed E-state index contributed by atoms with van der Waals surface area (Å²) in [5.74, 6) is -0.250. The van der Waals surface area contributed by atoms with Crippen molar-refractivity contribution in [2.45, 2.75) is 51.1 Å². The van der Waals surface area contributed by atoms with Gasteiger partial charge in [0.05, 0.1) is 5.92 Å². The maximum Gasteiger partial charge on any atom is 0.227 e. The largest absolute Gasteiger partial charge is 0.353 e. The van der Waals surface area contributed by atoms with E-state index in [2.05, 4.69) is 21.2 Å². The molecule has 1 unspecified atom stereocenters. The normalized spacial score (nSPS) is 26.3. The molecule has 1 atom stereocenters. The average Bonchev–Trinajstić information content (AvgIpc) is 2.94. The first kappa shape index (κ1) is 20.2. The maximum absolute atomic E-state index is 12.5. The number of nitrogens with one attached hydrogen (secondary N) is 1. The summed E-state index contributed by atoms with van der Waals surface area (Å²) in [5, 5.41) is 3.11. The van der Waals surface area contributed by atoms with Crippen molar-refractivity contribution in [3.8, 4) is 0 Å². The van der Waals surface area contributed by atoms with Crippen molar-refractivity contribution in [1.29, 1.82) is 0 Å². The summed E-state index contributed by atoms with van der Waals surface area (Å²) in [5.41, 5.74) is 7.84. The summed E-state index contributed by atoms with van der Waals surface area (Å²) < 4.78 is 1.02. The summed E-state index contributed by atoms with van der Waals surface area (Å²) in [6, 6.07) is 6.30. The molecule has 1 saturated heterocycles. The van der Waals surface area contributed by atoms with Crippen LogP contribution < -0.4 is 16.0 Å². The number of anilines is 1. The van der Waals surface area contributed by atoms with Crippen molar-refractivity contribution in [3.63, 3.8) is 0 Å². The van der Waals surface area contributed by atoms with Gasteiger partial charge in [-0.05, 0) is 56.4 Å². The Morgan fingerprint density at radius 1 is 1.28 bits per heavy atom. The van der Waals surface area contributed by atoms with E-state index in [1.807, 2.05) is 25.1 Å². The Bertz CT molecular complexity index is 647. The molecule has 0 spiro atoms. The molecule has 1 aliphatic carbocycles. The molecule has 1 saturated carbocycles. The van der Waals surface area contributed by atoms with Crippen LogP contribution in [0.25, 0.3) is 0 Å². The molecule has 0 bridgehead atoms. The smallest absolute Gasteiger partial charge is 0.227 e. The number of carbonyl (C=O) groups excluding carboxylic acids is 2. The predicted octanol–water partition coefficient (Wildman–Crippen LogP) is 2.92. The summed E-state index contributed by atoms with van der Waals surface area (Å²) >= 11 is 3.47. The fourth-order valence-electron chi connectivity index (χ4n) is 3.51. The van der Waals surface area contributed by atoms with Gasteiger partial charge in [0.15, 0.2) is 0 Å². The third-order valence-electron chi connectivity index (χ3n) is 5.07. The SMILES string of the molecule is Cc1cc(N2CC(C(=O)NC3CCC(N)CC3)CC2=O)ccc1Br.Cl. The zero-order chi connectivity index (χ0) is 17.3. The lowest BCUT2D eigenvalue weighted by Crippen LogP contribution is -2.43. The lowest BCUT2D eigenvalue weighted by Gasteiger charge is -2.27. The Hall–Kier alpha value is -1.11. The van der Waals surface area contributed by atoms with Gasteiger partial charge in [0.25, 0.3) is 0 Å². The molecule has 2 aliphatic rings. The molecule has 3 N–H and O–H groups in total. The Morgan fingerprint density at radius 2 is 1.96 bits per heavy atom. The number of nitrogens with two attached hydrogens (primary N) is 1. The van der Waals surface area contributed by atoms with Crippen LogP contribution in [0.4, 0.5) is 5.69 Å². The van der Waals surface area contributed by atoms with Gasteiger partial charge in [-0.3, -0.25) is 9.59 Å². The van der Waals surface area contributed by atoms with Crippen LogP contribution in [-0.2, 0) is 9.59 Å². The molecule has 1 aromatic carbocycles. The van der Waals surface area contributed by atoms with E-state index in [9.17, 15) is 9.59 Å². The van der Waals surface area contributed by atoms with Crippen molar-refractivity contribution in [1.82, 2.24) is 5.32 Å². The third kappa shape index (κ3) is 4.74. The minimum atomic E-state index is -0.267. The van der Waals surface area contributed by atoms with E-state index in [4.69, 9.17) is 5.73 Å². The van der Waals surface area contributed by atoms with E-state index in [0.29, 0.717) is 6.54 Å². The molecule has 2 amide bonds. The van der Waals surface area contributed by atoms with E-state index < -0.39 is 0 Å². The highest BCUT2D eigenvalue weighted by molar-refractivity contribution is 9.10. The predicted molar refractivity (Wildman–Crippen MR) is 105 cm³/mol. The number of amides is 2. The first-order valence-corrected chi connectivity index (χ1v) is 9.36. The van der Waals surface area contributed by atoms with Gasteiger partial charge in [0.2, 0.25) is 11.8 Å². The molecule has 1 aromatic rings. The quantitative estimate of drug-likeness (QED) is 0.774. The number of rotatable bonds is 3. The minimum absolute atomic E-state index is 0. The second kappa shape index (κ2) is 8.52. The molecule has 25 heavy (non-hydrogen) atoms. The molecule has 0 radical (unpaired) electrons. The highest BCUT2D eigenvalue weighted by Crippen LogP contribution is 2.29. The number of halogens is 2. The lowest BCUT2D eigenvalue weighted by molar-refractivity contribution is -0.127. The Labute approximate surface area is 163 Å². The molecular formula is C18H25BrClN3O2. The fraction of sp³-hybridized carbons (Fsp3) is 0.556. The Kier molecular flexibility index (Phi) is 6.88. The average molecular weight is 431 g/mol. The summed E-state index contributed by atoms with van der Waals surface area (Å²) in [4.78, 5) is 26.6. The molecule has 1 heterocycles. The fourth-order valence-corrected chi connectivity index (χ4v) is 3.76. The van der Waals surface area contributed by atoms with Gasteiger partial charge in [-0.25, -0.2) is 0 Å². The van der Waals surface area contributed by atoms with Crippen molar-refractivity contribution < 1.29 is 9.59 Å². The van der Waals surface area contributed by atoms with Gasteiger partial charge in [0.1, 0.15) is 0 Å². The van der Waals surface area contributed by atoms with Crippen molar-refractivity contribution in [2.75, 3.05) is 11.4 Å². The summed E-state index contributed by atoms with van der Waals surface area (Å²) in [6.45, 7) is 2.45. The zero-order valence-electron chi connectivity index (χ0n) is 14.3. The van der Waals surface area contributed by atoms with Crippen LogP contribution in [0.15, 0.2) is 22.7 Å². The van der Waals surface area contributed by atoms with Gasteiger partial charge < -0.3 is 16.0 Å². The van der Waals surface area contributed by atoms with Crippen molar-refractivity contribution in [3.05, 3.63) is 28.2 Å². The van der Waals surface area contributed by atoms with Crippen molar-refractivity contribution in [2.24, 2.45) is 11.7 Å². The molecule has 3 rings (SSSR count). The first-order valence-electron chi connectivity index (χ1n) is 8.56. The van der Waals surface area contributed by atoms with Crippen LogP contribution in [0.3, 0.4) is 0 Å². The lowest BCUT2D eigenvalue weighted by atomic mass is 9.91. The monoisotopic (exact) mass is 429 g/mol. The van der Waals surface area contributed by atoms with Gasteiger partial charge in [-0.1, -0.05) is 15.9 Å². The van der Waals surface area contributed by atoms with Crippen LogP contribution in [0.2, 0.25) is 0 Å². The van der Waals surface area contributed by atoms with Gasteiger partial charge >= 0.3 is 0 Å². The van der Waals surface area contributed by atoms with E-state index >= 15 is 0 Å². The second-order valence-corrected chi connectivity index (χ2v) is 7.81. The molecule has 2 fully saturated rings. The standard InChI is InChI=1S/C18H24BrN3O2.ClH/c1-11-8-15(6-7-16(11)19)22-10-12(9-17(22)23)18(24)21-14-4-2-13(20)3-5-14;/h6-8,12-14H,2-5,9-10,20H2,1H3,(H,21,24);1H. The van der Waals surface area contributed by atoms with Crippen LogP contribution >= 0.6 is 28.3 Å². The topological polar surface area (TPSA) is 75.4 Å². The first-order chi connectivity index (χ1) is 11.4. The second-order valence-electron chi connectivity index (χ2n) is 6.96. The van der Waals surface area contributed by atoms with E-state index in [0.717, 1.165) is 41.4 Å². The number of benzene rings is 1. The highest BCUT2D eigenvalue weighted by atomic mass is 79.9. The molecule has 0 aromatic heterocycles. The number of carbonyl (C=O) groups is 2. The van der Waals surface area contributed by atoms with Crippen LogP contribution in [0.1, 0.15) is 37.7 Å². The van der Waals surface area contributed by atoms with Crippen LogP contribution in [-0.4, -0.2) is 30.4 Å².